The summed E-state index contributed by atoms with van der Waals surface area (Å²) in [6, 6.07) is 42.4. The summed E-state index contributed by atoms with van der Waals surface area (Å²) in [5, 5.41) is 3.62. The maximum absolute atomic E-state index is 5.17. The number of amidine groups is 1. The van der Waals surface area contributed by atoms with E-state index >= 15 is 0 Å². The van der Waals surface area contributed by atoms with Crippen LogP contribution in [0.15, 0.2) is 175 Å². The van der Waals surface area contributed by atoms with E-state index in [0.717, 1.165) is 39.3 Å². The van der Waals surface area contributed by atoms with E-state index in [-0.39, 0.29) is 5.92 Å². The average molecular weight is 652 g/mol. The topological polar surface area (TPSA) is 37.6 Å². The molecule has 0 radical (unpaired) electrons. The van der Waals surface area contributed by atoms with Crippen molar-refractivity contribution >= 4 is 49.8 Å². The number of aromatic nitrogens is 1. The van der Waals surface area contributed by atoms with Gasteiger partial charge in [0.15, 0.2) is 5.84 Å². The smallest absolute Gasteiger partial charge is 0.160 e. The molecular weight excluding hydrogens is 615 g/mol. The predicted molar refractivity (Wildman–Crippen MR) is 210 cm³/mol. The zero-order valence-corrected chi connectivity index (χ0v) is 28.6. The number of aliphatic imine (C=N–C) groups is 2. The molecule has 0 bridgehead atoms. The number of hydrogen-bond acceptors (Lipinski definition) is 3. The molecule has 2 aromatic heterocycles. The Morgan fingerprint density at radius 3 is 2.33 bits per heavy atom. The summed E-state index contributed by atoms with van der Waals surface area (Å²) < 4.78 is 1.21. The van der Waals surface area contributed by atoms with Crippen LogP contribution in [0.5, 0.6) is 0 Å². The van der Waals surface area contributed by atoms with E-state index in [4.69, 9.17) is 9.98 Å². The molecule has 0 aliphatic heterocycles. The van der Waals surface area contributed by atoms with Gasteiger partial charge in [-0.05, 0) is 81.3 Å². The van der Waals surface area contributed by atoms with Crippen molar-refractivity contribution in [3.8, 4) is 0 Å². The highest BCUT2D eigenvalue weighted by atomic mass is 32.1. The van der Waals surface area contributed by atoms with Gasteiger partial charge in [-0.1, -0.05) is 135 Å². The largest absolute Gasteiger partial charge is 0.264 e. The standard InChI is InChI=1S/C45H37N3S/c1-31-16-6-4-9-23-39(38-22-15-27-46-30-38)40-24-11-12-25-41(40)44(31)36-20-14-21-37(28-36)45(47-32(2)34-17-7-5-8-18-34)48-33(3)43-29-35-19-10-13-26-42(35)49-43/h4-22,24-31H,3,23H2,1-2H3/b9-4-,16-6-,40-39+,44-41+,47-32?,48-45?. The number of pyridine rings is 1. The number of rotatable bonds is 6. The fourth-order valence-electron chi connectivity index (χ4n) is 6.35. The number of nitrogens with zero attached hydrogens (tertiary/aromatic N) is 3. The van der Waals surface area contributed by atoms with Crippen molar-refractivity contribution in [2.24, 2.45) is 15.9 Å². The van der Waals surface area contributed by atoms with Crippen LogP contribution in [0.3, 0.4) is 0 Å². The molecule has 4 heteroatoms. The quantitative estimate of drug-likeness (QED) is 0.131. The molecule has 1 aliphatic rings. The summed E-state index contributed by atoms with van der Waals surface area (Å²) in [5.74, 6) is 0.769. The molecule has 0 fully saturated rings. The first-order chi connectivity index (χ1) is 24.0. The molecule has 1 aliphatic carbocycles. The molecule has 0 saturated heterocycles. The first-order valence-corrected chi connectivity index (χ1v) is 17.4. The van der Waals surface area contributed by atoms with Gasteiger partial charge >= 0.3 is 0 Å². The van der Waals surface area contributed by atoms with E-state index in [1.165, 1.54) is 31.7 Å². The lowest BCUT2D eigenvalue weighted by Gasteiger charge is -2.17. The molecule has 0 spiro atoms. The maximum Gasteiger partial charge on any atom is 0.160 e. The van der Waals surface area contributed by atoms with Crippen LogP contribution < -0.4 is 10.4 Å². The number of hydrogen-bond donors (Lipinski definition) is 0. The summed E-state index contributed by atoms with van der Waals surface area (Å²) in [6.07, 6.45) is 13.4. The third-order valence-corrected chi connectivity index (χ3v) is 9.99. The monoisotopic (exact) mass is 651 g/mol. The van der Waals surface area contributed by atoms with Gasteiger partial charge in [-0.15, -0.1) is 11.3 Å². The Kier molecular flexibility index (Phi) is 9.49. The van der Waals surface area contributed by atoms with Crippen LogP contribution >= 0.6 is 11.3 Å². The van der Waals surface area contributed by atoms with Gasteiger partial charge in [0.2, 0.25) is 0 Å². The van der Waals surface area contributed by atoms with Gasteiger partial charge in [0.25, 0.3) is 0 Å². The second kappa shape index (κ2) is 14.6. The Bertz CT molecular complexity index is 2360. The van der Waals surface area contributed by atoms with Gasteiger partial charge < -0.3 is 0 Å². The second-order valence-corrected chi connectivity index (χ2v) is 13.2. The molecule has 0 N–H and O–H groups in total. The number of allylic oxidation sites excluding steroid dienone is 4. The molecular formula is C45H37N3S. The van der Waals surface area contributed by atoms with Gasteiger partial charge in [-0.3, -0.25) is 4.98 Å². The third-order valence-electron chi connectivity index (χ3n) is 8.82. The van der Waals surface area contributed by atoms with Crippen molar-refractivity contribution in [3.05, 3.63) is 202 Å². The van der Waals surface area contributed by atoms with E-state index in [9.17, 15) is 0 Å². The first-order valence-electron chi connectivity index (χ1n) is 16.6. The maximum atomic E-state index is 5.17. The van der Waals surface area contributed by atoms with E-state index in [2.05, 4.69) is 140 Å². The van der Waals surface area contributed by atoms with E-state index < -0.39 is 0 Å². The Labute approximate surface area is 292 Å². The van der Waals surface area contributed by atoms with Gasteiger partial charge in [0.1, 0.15) is 0 Å². The molecule has 0 amide bonds. The zero-order valence-electron chi connectivity index (χ0n) is 27.8. The van der Waals surface area contributed by atoms with E-state index in [0.29, 0.717) is 11.5 Å². The second-order valence-electron chi connectivity index (χ2n) is 12.2. The zero-order chi connectivity index (χ0) is 33.6. The van der Waals surface area contributed by atoms with Crippen molar-refractivity contribution in [1.82, 2.24) is 4.98 Å². The van der Waals surface area contributed by atoms with Crippen LogP contribution in [0.2, 0.25) is 0 Å². The number of benzene rings is 4. The molecule has 1 unspecified atom stereocenters. The molecule has 49 heavy (non-hydrogen) atoms. The van der Waals surface area contributed by atoms with Crippen molar-refractivity contribution in [2.45, 2.75) is 20.3 Å². The minimum absolute atomic E-state index is 0.137. The van der Waals surface area contributed by atoms with Gasteiger partial charge in [-0.2, -0.15) is 0 Å². The average Bonchev–Trinajstić information content (AvgIpc) is 3.59. The summed E-state index contributed by atoms with van der Waals surface area (Å²) >= 11 is 1.70. The van der Waals surface area contributed by atoms with Crippen LogP contribution in [-0.2, 0) is 0 Å². The number of thiophene rings is 1. The van der Waals surface area contributed by atoms with Crippen molar-refractivity contribution in [2.75, 3.05) is 0 Å². The van der Waals surface area contributed by atoms with Crippen molar-refractivity contribution in [3.63, 3.8) is 0 Å². The van der Waals surface area contributed by atoms with Crippen LogP contribution in [0.1, 0.15) is 47.4 Å². The third kappa shape index (κ3) is 7.11. The summed E-state index contributed by atoms with van der Waals surface area (Å²) in [7, 11) is 0. The normalized spacial score (nSPS) is 18.9. The molecule has 7 rings (SSSR count). The minimum atomic E-state index is 0.137. The van der Waals surface area contributed by atoms with Gasteiger partial charge in [0, 0.05) is 34.3 Å². The van der Waals surface area contributed by atoms with Gasteiger partial charge in [-0.25, -0.2) is 9.98 Å². The summed E-state index contributed by atoms with van der Waals surface area (Å²) in [5.41, 5.74) is 8.34. The molecule has 238 valence electrons. The molecule has 6 aromatic rings. The van der Waals surface area contributed by atoms with Crippen LogP contribution in [0.25, 0.3) is 26.9 Å². The lowest BCUT2D eigenvalue weighted by Crippen LogP contribution is -2.31. The lowest BCUT2D eigenvalue weighted by atomic mass is 9.88. The molecule has 1 atom stereocenters. The van der Waals surface area contributed by atoms with E-state index in [1.54, 1.807) is 11.3 Å². The van der Waals surface area contributed by atoms with Crippen molar-refractivity contribution < 1.29 is 0 Å². The van der Waals surface area contributed by atoms with Crippen LogP contribution in [0.4, 0.5) is 0 Å². The highest BCUT2D eigenvalue weighted by Gasteiger charge is 2.16. The first kappa shape index (κ1) is 31.9. The lowest BCUT2D eigenvalue weighted by molar-refractivity contribution is 0.953. The van der Waals surface area contributed by atoms with Crippen LogP contribution in [0, 0.1) is 5.92 Å². The van der Waals surface area contributed by atoms with E-state index in [1.807, 2.05) is 43.6 Å². The Balaban J connectivity index is 1.43. The fraction of sp³-hybridized carbons (Fsp3) is 0.0889. The summed E-state index contributed by atoms with van der Waals surface area (Å²) in [4.78, 5) is 15.8. The molecule has 4 aromatic carbocycles. The molecule has 3 nitrogen and oxygen atoms in total. The highest BCUT2D eigenvalue weighted by molar-refractivity contribution is 7.20. The van der Waals surface area contributed by atoms with Gasteiger partial charge in [0.05, 0.1) is 10.6 Å². The van der Waals surface area contributed by atoms with Crippen molar-refractivity contribution in [1.29, 1.82) is 0 Å². The minimum Gasteiger partial charge on any atom is -0.264 e. The number of fused-ring (bicyclic) bond motifs is 2. The fourth-order valence-corrected chi connectivity index (χ4v) is 7.33. The summed E-state index contributed by atoms with van der Waals surface area (Å²) in [6.45, 7) is 8.73. The highest BCUT2D eigenvalue weighted by Crippen LogP contribution is 2.31. The Morgan fingerprint density at radius 2 is 1.51 bits per heavy atom. The Morgan fingerprint density at radius 1 is 0.755 bits per heavy atom. The molecule has 2 heterocycles. The SMILES string of the molecule is C=C(N=C(N=C(C)c1ccccc1)c1cccc(/C2=c3\cccc\c3=C(/c3cccnc3)C/C=C\C=C/C2C)c1)c1cc2ccccc2s1. The Hall–Kier alpha value is -5.71. The predicted octanol–water partition coefficient (Wildman–Crippen LogP) is 9.77. The molecule has 0 saturated carbocycles. The van der Waals surface area contributed by atoms with Crippen LogP contribution in [-0.4, -0.2) is 16.5 Å².